The number of ketones is 2. The van der Waals surface area contributed by atoms with Crippen molar-refractivity contribution in [1.82, 2.24) is 5.01 Å². The molecule has 6 aromatic carbocycles. The Balaban J connectivity index is 0.000000238. The zero-order chi connectivity index (χ0) is 43.4. The third-order valence-corrected chi connectivity index (χ3v) is 9.99. The van der Waals surface area contributed by atoms with E-state index in [1.165, 1.54) is 12.1 Å². The van der Waals surface area contributed by atoms with E-state index >= 15 is 0 Å². The van der Waals surface area contributed by atoms with Crippen LogP contribution in [-0.2, 0) is 23.9 Å². The molecule has 1 fully saturated rings. The molecule has 1 aliphatic rings. The van der Waals surface area contributed by atoms with Crippen molar-refractivity contribution in [1.29, 1.82) is 0 Å². The molecule has 10 nitrogen and oxygen atoms in total. The number of hydrazone groups is 1. The van der Waals surface area contributed by atoms with Gasteiger partial charge in [-0.3, -0.25) is 24.2 Å². The van der Waals surface area contributed by atoms with E-state index in [9.17, 15) is 19.2 Å². The van der Waals surface area contributed by atoms with E-state index in [2.05, 4.69) is 85.3 Å². The normalized spacial score (nSPS) is 12.1. The predicted octanol–water partition coefficient (Wildman–Crippen LogP) is 11.6. The highest BCUT2D eigenvalue weighted by Gasteiger charge is 2.26. The number of Topliss-reactive ketones (excluding diaryl/α,β-unsaturated/α-hetero) is 2. The second-order valence-corrected chi connectivity index (χ2v) is 14.6. The lowest BCUT2D eigenvalue weighted by Gasteiger charge is -2.25. The van der Waals surface area contributed by atoms with E-state index in [-0.39, 0.29) is 50.4 Å². The minimum absolute atomic E-state index is 0. The van der Waals surface area contributed by atoms with Crippen molar-refractivity contribution >= 4 is 70.0 Å². The largest absolute Gasteiger partial charge is 0.469 e. The minimum atomic E-state index is -0.253. The van der Waals surface area contributed by atoms with Crippen LogP contribution in [0.5, 0.6) is 0 Å². The second-order valence-electron chi connectivity index (χ2n) is 14.6. The monoisotopic (exact) mass is 841 g/mol. The molecular weight excluding hydrogens is 787 g/mol. The Hall–Kier alpha value is -7.46. The quantitative estimate of drug-likeness (QED) is 0.0366. The number of esters is 1. The zero-order valence-corrected chi connectivity index (χ0v) is 35.0. The van der Waals surface area contributed by atoms with E-state index in [1.807, 2.05) is 109 Å². The van der Waals surface area contributed by atoms with Crippen LogP contribution in [0.15, 0.2) is 180 Å². The molecule has 0 N–H and O–H groups in total. The molecule has 7 rings (SSSR count). The summed E-state index contributed by atoms with van der Waals surface area (Å²) >= 11 is 0. The maximum absolute atomic E-state index is 12.1. The number of rotatable bonds is 18. The highest BCUT2D eigenvalue weighted by atomic mass is 16.5. The number of carbonyl (C=O) groups excluding carboxylic acids is 4. The second kappa shape index (κ2) is 24.7. The third-order valence-electron chi connectivity index (χ3n) is 9.99. The van der Waals surface area contributed by atoms with Crippen molar-refractivity contribution in [3.8, 4) is 0 Å². The molecule has 1 aliphatic heterocycles. The topological polar surface area (TPSA) is 112 Å². The van der Waals surface area contributed by atoms with Gasteiger partial charge in [0.2, 0.25) is 0 Å². The number of amides is 1. The van der Waals surface area contributed by atoms with E-state index in [1.54, 1.807) is 12.4 Å². The number of para-hydroxylation sites is 4. The van der Waals surface area contributed by atoms with Crippen LogP contribution in [0.1, 0.15) is 63.5 Å². The number of hydrogen-bond acceptors (Lipinski definition) is 9. The van der Waals surface area contributed by atoms with Crippen LogP contribution in [-0.4, -0.2) is 61.1 Å². The maximum Gasteiger partial charge on any atom is 0.305 e. The first kappa shape index (κ1) is 46.6. The van der Waals surface area contributed by atoms with Gasteiger partial charge in [-0.05, 0) is 96.8 Å². The number of hydrogen-bond donors (Lipinski definition) is 0. The SMILES string of the molecule is C.COC(=O)CCCCCCC(=O)CN=Cc1ccc(N(c2ccccc2)c2ccccc2)cc1.O=C1CC(=O)N(/N=C/c2ccc(N(c3ccccc3)c3ccccc3)cc2)C1. The first-order valence-electron chi connectivity index (χ1n) is 20.8. The van der Waals surface area contributed by atoms with E-state index in [0.29, 0.717) is 12.8 Å². The molecule has 0 aromatic heterocycles. The van der Waals surface area contributed by atoms with Crippen LogP contribution in [0.25, 0.3) is 0 Å². The number of methoxy groups -OCH3 is 1. The summed E-state index contributed by atoms with van der Waals surface area (Å²) in [6, 6.07) is 56.9. The Kier molecular flexibility index (Phi) is 18.3. The summed E-state index contributed by atoms with van der Waals surface area (Å²) in [6.45, 7) is 0.257. The molecular formula is C53H55N5O5. The number of benzene rings is 6. The molecule has 63 heavy (non-hydrogen) atoms. The van der Waals surface area contributed by atoms with Gasteiger partial charge in [-0.2, -0.15) is 5.10 Å². The molecule has 0 saturated carbocycles. The lowest BCUT2D eigenvalue weighted by Crippen LogP contribution is -2.18. The van der Waals surface area contributed by atoms with E-state index < -0.39 is 0 Å². The number of carbonyl (C=O) groups is 4. The molecule has 0 radical (unpaired) electrons. The van der Waals surface area contributed by atoms with Crippen molar-refractivity contribution in [3.05, 3.63) is 181 Å². The first-order valence-corrected chi connectivity index (χ1v) is 20.8. The molecule has 0 bridgehead atoms. The first-order chi connectivity index (χ1) is 30.4. The van der Waals surface area contributed by atoms with Crippen LogP contribution in [0.3, 0.4) is 0 Å². The van der Waals surface area contributed by atoms with Crippen LogP contribution in [0.2, 0.25) is 0 Å². The summed E-state index contributed by atoms with van der Waals surface area (Å²) in [5, 5.41) is 5.36. The summed E-state index contributed by atoms with van der Waals surface area (Å²) in [5.41, 5.74) is 8.20. The highest BCUT2D eigenvalue weighted by Crippen LogP contribution is 2.35. The van der Waals surface area contributed by atoms with Gasteiger partial charge in [0, 0.05) is 53.2 Å². The fourth-order valence-corrected chi connectivity index (χ4v) is 6.81. The smallest absolute Gasteiger partial charge is 0.305 e. The van der Waals surface area contributed by atoms with Gasteiger partial charge in [-0.1, -0.05) is 117 Å². The highest BCUT2D eigenvalue weighted by molar-refractivity contribution is 6.05. The van der Waals surface area contributed by atoms with Gasteiger partial charge in [0.1, 0.15) is 6.54 Å². The number of unbranched alkanes of at least 4 members (excludes halogenated alkanes) is 3. The average molecular weight is 842 g/mol. The molecule has 0 spiro atoms. The Morgan fingerprint density at radius 2 is 0.952 bits per heavy atom. The van der Waals surface area contributed by atoms with Crippen LogP contribution in [0.4, 0.5) is 34.1 Å². The number of ether oxygens (including phenoxy) is 1. The van der Waals surface area contributed by atoms with Crippen molar-refractivity contribution < 1.29 is 23.9 Å². The van der Waals surface area contributed by atoms with Gasteiger partial charge in [0.05, 0.1) is 26.3 Å². The van der Waals surface area contributed by atoms with Crippen LogP contribution < -0.4 is 9.80 Å². The van der Waals surface area contributed by atoms with Crippen molar-refractivity contribution in [2.75, 3.05) is 30.0 Å². The number of anilines is 6. The van der Waals surface area contributed by atoms with Crippen molar-refractivity contribution in [2.24, 2.45) is 10.1 Å². The molecule has 1 saturated heterocycles. The van der Waals surface area contributed by atoms with Crippen molar-refractivity contribution in [2.45, 2.75) is 52.4 Å². The molecule has 0 atom stereocenters. The van der Waals surface area contributed by atoms with Crippen LogP contribution >= 0.6 is 0 Å². The molecule has 322 valence electrons. The van der Waals surface area contributed by atoms with Gasteiger partial charge in [0.15, 0.2) is 11.6 Å². The van der Waals surface area contributed by atoms with Gasteiger partial charge < -0.3 is 14.5 Å². The third kappa shape index (κ3) is 14.3. The average Bonchev–Trinajstić information content (AvgIpc) is 3.65. The van der Waals surface area contributed by atoms with E-state index in [0.717, 1.165) is 70.9 Å². The molecule has 1 heterocycles. The Labute approximate surface area is 371 Å². The molecule has 1 amide bonds. The van der Waals surface area contributed by atoms with Crippen molar-refractivity contribution in [3.63, 3.8) is 0 Å². The van der Waals surface area contributed by atoms with Gasteiger partial charge in [-0.15, -0.1) is 0 Å². The predicted molar refractivity (Wildman–Crippen MR) is 255 cm³/mol. The fraction of sp³-hybridized carbons (Fsp3) is 0.208. The zero-order valence-electron chi connectivity index (χ0n) is 35.0. The van der Waals surface area contributed by atoms with Crippen LogP contribution in [0, 0.1) is 0 Å². The summed E-state index contributed by atoms with van der Waals surface area (Å²) in [4.78, 5) is 54.8. The van der Waals surface area contributed by atoms with E-state index in [4.69, 9.17) is 0 Å². The Bertz CT molecular complexity index is 2310. The van der Waals surface area contributed by atoms with Gasteiger partial charge in [0.25, 0.3) is 5.91 Å². The Morgan fingerprint density at radius 3 is 1.35 bits per heavy atom. The molecule has 6 aromatic rings. The Morgan fingerprint density at radius 1 is 0.556 bits per heavy atom. The molecule has 10 heteroatoms. The lowest BCUT2D eigenvalue weighted by molar-refractivity contribution is -0.140. The standard InChI is InChI=1S/C29H32N2O3.C23H19N3O2.CH4/c1-34-29(33)17-11-3-2-10-16-28(32)23-30-22-24-18-20-27(21-19-24)31(25-12-6-4-7-13-25)26-14-8-5-9-15-26;27-22-15-23(28)25(17-22)24-16-18-11-13-21(14-12-18)26(19-7-3-1-4-8-19)20-9-5-2-6-10-20;/h4-9,12-15,18-22H,2-3,10-11,16-17,23H2,1H3;1-14,16H,15,17H2;1H4/b;24-16+;. The summed E-state index contributed by atoms with van der Waals surface area (Å²) < 4.78 is 4.62. The van der Waals surface area contributed by atoms with Gasteiger partial charge >= 0.3 is 5.97 Å². The maximum atomic E-state index is 12.1. The minimum Gasteiger partial charge on any atom is -0.469 e. The fourth-order valence-electron chi connectivity index (χ4n) is 6.81. The summed E-state index contributed by atoms with van der Waals surface area (Å²) in [7, 11) is 1.40. The molecule has 0 aliphatic carbocycles. The lowest BCUT2D eigenvalue weighted by atomic mass is 10.1. The van der Waals surface area contributed by atoms with Gasteiger partial charge in [-0.25, -0.2) is 5.01 Å². The summed E-state index contributed by atoms with van der Waals surface area (Å²) in [6.07, 6.45) is 7.79. The summed E-state index contributed by atoms with van der Waals surface area (Å²) in [5.74, 6) is -0.387. The molecule has 0 unspecified atom stereocenters. The number of aliphatic imine (C=N–C) groups is 1. The number of nitrogens with zero attached hydrogens (tertiary/aromatic N) is 5.